The number of phenols is 2. The summed E-state index contributed by atoms with van der Waals surface area (Å²) in [6.45, 7) is 1.96. The smallest absolute Gasteiger partial charge is 0.265 e. The number of amides is 1. The molecule has 19 heavy (non-hydrogen) atoms. The third kappa shape index (κ3) is 2.52. The SMILES string of the molecule is Cc1ccc(N(C)C(=O)c2c(O)cccc2O)cc1. The van der Waals surface area contributed by atoms with Crippen LogP contribution in [0.3, 0.4) is 0 Å². The van der Waals surface area contributed by atoms with Crippen LogP contribution in [0, 0.1) is 6.92 Å². The van der Waals surface area contributed by atoms with Gasteiger partial charge in [-0.2, -0.15) is 0 Å². The summed E-state index contributed by atoms with van der Waals surface area (Å²) in [5.41, 5.74) is 1.69. The first-order valence-corrected chi connectivity index (χ1v) is 5.86. The zero-order chi connectivity index (χ0) is 14.0. The van der Waals surface area contributed by atoms with E-state index in [1.807, 2.05) is 31.2 Å². The predicted molar refractivity (Wildman–Crippen MR) is 73.7 cm³/mol. The summed E-state index contributed by atoms with van der Waals surface area (Å²) in [7, 11) is 1.60. The van der Waals surface area contributed by atoms with Gasteiger partial charge in [-0.15, -0.1) is 0 Å². The van der Waals surface area contributed by atoms with Crippen molar-refractivity contribution < 1.29 is 15.0 Å². The summed E-state index contributed by atoms with van der Waals surface area (Å²) in [6.07, 6.45) is 0. The largest absolute Gasteiger partial charge is 0.507 e. The van der Waals surface area contributed by atoms with Gasteiger partial charge in [-0.25, -0.2) is 0 Å². The molecule has 0 fully saturated rings. The fourth-order valence-corrected chi connectivity index (χ4v) is 1.80. The molecular weight excluding hydrogens is 242 g/mol. The second kappa shape index (κ2) is 5.02. The van der Waals surface area contributed by atoms with Gasteiger partial charge < -0.3 is 15.1 Å². The highest BCUT2D eigenvalue weighted by atomic mass is 16.3. The van der Waals surface area contributed by atoms with Crippen molar-refractivity contribution in [3.8, 4) is 11.5 Å². The Bertz CT molecular complexity index is 585. The number of hydrogen-bond acceptors (Lipinski definition) is 3. The molecule has 0 heterocycles. The van der Waals surface area contributed by atoms with Gasteiger partial charge in [0.05, 0.1) is 0 Å². The normalized spacial score (nSPS) is 10.2. The lowest BCUT2D eigenvalue weighted by atomic mass is 10.1. The fraction of sp³-hybridized carbons (Fsp3) is 0.133. The molecule has 0 spiro atoms. The van der Waals surface area contributed by atoms with Gasteiger partial charge in [-0.1, -0.05) is 23.8 Å². The lowest BCUT2D eigenvalue weighted by Gasteiger charge is -2.18. The second-order valence-electron chi connectivity index (χ2n) is 4.37. The minimum atomic E-state index is -0.459. The highest BCUT2D eigenvalue weighted by molar-refractivity contribution is 6.09. The van der Waals surface area contributed by atoms with Crippen LogP contribution in [0.4, 0.5) is 5.69 Å². The van der Waals surface area contributed by atoms with E-state index in [2.05, 4.69) is 0 Å². The van der Waals surface area contributed by atoms with Gasteiger partial charge in [0, 0.05) is 12.7 Å². The third-order valence-electron chi connectivity index (χ3n) is 2.96. The Morgan fingerprint density at radius 3 is 2.05 bits per heavy atom. The van der Waals surface area contributed by atoms with E-state index in [1.54, 1.807) is 7.05 Å². The van der Waals surface area contributed by atoms with E-state index in [-0.39, 0.29) is 17.1 Å². The predicted octanol–water partition coefficient (Wildman–Crippen LogP) is 2.68. The van der Waals surface area contributed by atoms with Crippen molar-refractivity contribution in [1.29, 1.82) is 0 Å². The van der Waals surface area contributed by atoms with Crippen LogP contribution in [0.2, 0.25) is 0 Å². The maximum absolute atomic E-state index is 12.3. The number of hydrogen-bond donors (Lipinski definition) is 2. The number of anilines is 1. The van der Waals surface area contributed by atoms with E-state index in [1.165, 1.54) is 23.1 Å². The zero-order valence-corrected chi connectivity index (χ0v) is 10.8. The van der Waals surface area contributed by atoms with Gasteiger partial charge in [-0.3, -0.25) is 4.79 Å². The first-order valence-electron chi connectivity index (χ1n) is 5.86. The van der Waals surface area contributed by atoms with E-state index in [9.17, 15) is 15.0 Å². The summed E-state index contributed by atoms with van der Waals surface area (Å²) in [6, 6.07) is 11.6. The van der Waals surface area contributed by atoms with Gasteiger partial charge >= 0.3 is 0 Å². The summed E-state index contributed by atoms with van der Waals surface area (Å²) in [4.78, 5) is 13.7. The topological polar surface area (TPSA) is 60.8 Å². The van der Waals surface area contributed by atoms with Crippen molar-refractivity contribution in [3.05, 3.63) is 53.6 Å². The van der Waals surface area contributed by atoms with Crippen molar-refractivity contribution in [1.82, 2.24) is 0 Å². The highest BCUT2D eigenvalue weighted by Gasteiger charge is 2.20. The molecule has 0 bridgehead atoms. The standard InChI is InChI=1S/C15H15NO3/c1-10-6-8-11(9-7-10)16(2)15(19)14-12(17)4-3-5-13(14)18/h3-9,17-18H,1-2H3. The minimum Gasteiger partial charge on any atom is -0.507 e. The average molecular weight is 257 g/mol. The van der Waals surface area contributed by atoms with Gasteiger partial charge in [0.2, 0.25) is 0 Å². The van der Waals surface area contributed by atoms with Gasteiger partial charge in [0.25, 0.3) is 5.91 Å². The van der Waals surface area contributed by atoms with E-state index in [4.69, 9.17) is 0 Å². The molecule has 0 atom stereocenters. The molecule has 0 aliphatic rings. The Balaban J connectivity index is 2.36. The molecule has 2 N–H and O–H groups in total. The summed E-state index contributed by atoms with van der Waals surface area (Å²) in [5, 5.41) is 19.4. The number of aromatic hydroxyl groups is 2. The maximum Gasteiger partial charge on any atom is 0.265 e. The minimum absolute atomic E-state index is 0.0921. The molecule has 0 saturated carbocycles. The van der Waals surface area contributed by atoms with Crippen molar-refractivity contribution in [2.24, 2.45) is 0 Å². The van der Waals surface area contributed by atoms with E-state index in [0.29, 0.717) is 5.69 Å². The van der Waals surface area contributed by atoms with Crippen LogP contribution in [0.25, 0.3) is 0 Å². The van der Waals surface area contributed by atoms with Crippen LogP contribution in [-0.2, 0) is 0 Å². The molecule has 4 nitrogen and oxygen atoms in total. The summed E-state index contributed by atoms with van der Waals surface area (Å²) >= 11 is 0. The number of benzene rings is 2. The second-order valence-corrected chi connectivity index (χ2v) is 4.37. The van der Waals surface area contributed by atoms with Crippen LogP contribution < -0.4 is 4.90 Å². The van der Waals surface area contributed by atoms with Crippen molar-refractivity contribution in [2.75, 3.05) is 11.9 Å². The molecule has 0 aliphatic heterocycles. The van der Waals surface area contributed by atoms with Crippen LogP contribution >= 0.6 is 0 Å². The Hall–Kier alpha value is -2.49. The molecule has 2 aromatic carbocycles. The number of carbonyl (C=O) groups excluding carboxylic acids is 1. The lowest BCUT2D eigenvalue weighted by Crippen LogP contribution is -2.26. The monoisotopic (exact) mass is 257 g/mol. The van der Waals surface area contributed by atoms with E-state index in [0.717, 1.165) is 5.56 Å². The quantitative estimate of drug-likeness (QED) is 0.869. The molecule has 98 valence electrons. The van der Waals surface area contributed by atoms with Crippen LogP contribution in [0.15, 0.2) is 42.5 Å². The van der Waals surface area contributed by atoms with Crippen LogP contribution in [0.1, 0.15) is 15.9 Å². The number of aryl methyl sites for hydroxylation is 1. The van der Waals surface area contributed by atoms with Gasteiger partial charge in [-0.05, 0) is 31.2 Å². The third-order valence-corrected chi connectivity index (χ3v) is 2.96. The molecule has 1 amide bonds. The number of rotatable bonds is 2. The first kappa shape index (κ1) is 13.0. The highest BCUT2D eigenvalue weighted by Crippen LogP contribution is 2.28. The number of phenolic OH excluding ortho intramolecular Hbond substituents is 2. The fourth-order valence-electron chi connectivity index (χ4n) is 1.80. The van der Waals surface area contributed by atoms with Crippen molar-refractivity contribution in [2.45, 2.75) is 6.92 Å². The molecule has 2 rings (SSSR count). The summed E-state index contributed by atoms with van der Waals surface area (Å²) in [5.74, 6) is -0.924. The average Bonchev–Trinajstić information content (AvgIpc) is 2.38. The molecule has 0 unspecified atom stereocenters. The maximum atomic E-state index is 12.3. The Morgan fingerprint density at radius 1 is 1.00 bits per heavy atom. The van der Waals surface area contributed by atoms with E-state index >= 15 is 0 Å². The first-order chi connectivity index (χ1) is 9.00. The molecule has 0 radical (unpaired) electrons. The molecule has 0 aromatic heterocycles. The molecule has 2 aromatic rings. The Labute approximate surface area is 111 Å². The lowest BCUT2D eigenvalue weighted by molar-refractivity contribution is 0.0987. The van der Waals surface area contributed by atoms with Crippen molar-refractivity contribution in [3.63, 3.8) is 0 Å². The molecular formula is C15H15NO3. The van der Waals surface area contributed by atoms with Crippen LogP contribution in [0.5, 0.6) is 11.5 Å². The Morgan fingerprint density at radius 2 is 1.53 bits per heavy atom. The van der Waals surface area contributed by atoms with Gasteiger partial charge in [0.1, 0.15) is 17.1 Å². The van der Waals surface area contributed by atoms with Gasteiger partial charge in [0.15, 0.2) is 0 Å². The number of carbonyl (C=O) groups is 1. The molecule has 4 heteroatoms. The molecule has 0 aliphatic carbocycles. The van der Waals surface area contributed by atoms with E-state index < -0.39 is 5.91 Å². The molecule has 0 saturated heterocycles. The van der Waals surface area contributed by atoms with Crippen LogP contribution in [-0.4, -0.2) is 23.2 Å². The number of nitrogens with zero attached hydrogens (tertiary/aromatic N) is 1. The summed E-state index contributed by atoms with van der Waals surface area (Å²) < 4.78 is 0. The zero-order valence-electron chi connectivity index (χ0n) is 10.8. The van der Waals surface area contributed by atoms with Crippen molar-refractivity contribution >= 4 is 11.6 Å². The Kier molecular flexibility index (Phi) is 3.42.